The van der Waals surface area contributed by atoms with Gasteiger partial charge in [-0.15, -0.1) is 0 Å². The second-order valence-electron chi connectivity index (χ2n) is 13.9. The standard InChI is InChI=1S/C32H51N3O2/c1-24(2)27-13-9-10-14-28(27)29-23-34(25-11-7-6-8-12-25)19-20-35(29)26-21-32(22-26)15-17-33(18-16-32)30(36)37-31(3,4)5/h9-10,13-14,24-26,29H,6-8,11-12,15-23H2,1-5H3. The molecule has 2 heterocycles. The van der Waals surface area contributed by atoms with Crippen LogP contribution >= 0.6 is 0 Å². The first kappa shape index (κ1) is 27.0. The van der Waals surface area contributed by atoms with E-state index in [2.05, 4.69) is 47.9 Å². The lowest BCUT2D eigenvalue weighted by Crippen LogP contribution is -2.61. The monoisotopic (exact) mass is 509 g/mol. The summed E-state index contributed by atoms with van der Waals surface area (Å²) in [5.41, 5.74) is 3.10. The average Bonchev–Trinajstić information content (AvgIpc) is 2.86. The topological polar surface area (TPSA) is 36.0 Å². The molecule has 1 unspecified atom stereocenters. The van der Waals surface area contributed by atoms with Gasteiger partial charge in [0.05, 0.1) is 0 Å². The number of likely N-dealkylation sites (tertiary alicyclic amines) is 1. The van der Waals surface area contributed by atoms with Gasteiger partial charge in [-0.1, -0.05) is 57.4 Å². The zero-order valence-corrected chi connectivity index (χ0v) is 24.2. The summed E-state index contributed by atoms with van der Waals surface area (Å²) in [6.45, 7) is 15.8. The van der Waals surface area contributed by atoms with Gasteiger partial charge in [-0.2, -0.15) is 0 Å². The van der Waals surface area contributed by atoms with Gasteiger partial charge in [0, 0.05) is 50.8 Å². The van der Waals surface area contributed by atoms with Crippen molar-refractivity contribution in [2.75, 3.05) is 32.7 Å². The summed E-state index contributed by atoms with van der Waals surface area (Å²) in [6, 6.07) is 11.2. The maximum Gasteiger partial charge on any atom is 0.410 e. The third kappa shape index (κ3) is 6.03. The molecule has 5 heteroatoms. The van der Waals surface area contributed by atoms with Gasteiger partial charge in [0.2, 0.25) is 0 Å². The van der Waals surface area contributed by atoms with E-state index in [1.54, 1.807) is 5.56 Å². The van der Waals surface area contributed by atoms with Crippen molar-refractivity contribution in [3.05, 3.63) is 35.4 Å². The molecule has 2 saturated heterocycles. The number of piperazine rings is 1. The molecule has 4 fully saturated rings. The summed E-state index contributed by atoms with van der Waals surface area (Å²) in [4.78, 5) is 20.3. The van der Waals surface area contributed by atoms with Crippen LogP contribution in [-0.2, 0) is 4.74 Å². The van der Waals surface area contributed by atoms with Gasteiger partial charge >= 0.3 is 6.09 Å². The number of carbonyl (C=O) groups excluding carboxylic acids is 1. The highest BCUT2D eigenvalue weighted by atomic mass is 16.6. The van der Waals surface area contributed by atoms with Crippen LogP contribution in [0.4, 0.5) is 4.79 Å². The molecule has 1 aromatic carbocycles. The summed E-state index contributed by atoms with van der Waals surface area (Å²) in [6.07, 6.45) is 11.7. The molecule has 1 aromatic rings. The predicted molar refractivity (Wildman–Crippen MR) is 151 cm³/mol. The minimum atomic E-state index is -0.422. The van der Waals surface area contributed by atoms with Gasteiger partial charge < -0.3 is 9.64 Å². The highest BCUT2D eigenvalue weighted by molar-refractivity contribution is 5.68. The fourth-order valence-electron chi connectivity index (χ4n) is 7.72. The number of hydrogen-bond acceptors (Lipinski definition) is 4. The quantitative estimate of drug-likeness (QED) is 0.439. The molecule has 0 radical (unpaired) electrons. The predicted octanol–water partition coefficient (Wildman–Crippen LogP) is 6.98. The first-order valence-electron chi connectivity index (χ1n) is 15.2. The Bertz CT molecular complexity index is 916. The SMILES string of the molecule is CC(C)c1ccccc1C1CN(C2CCCCC2)CCN1C1CC2(CCN(C(=O)OC(C)(C)C)CC2)C1. The van der Waals surface area contributed by atoms with E-state index in [1.165, 1.54) is 70.1 Å². The zero-order valence-electron chi connectivity index (χ0n) is 24.2. The van der Waals surface area contributed by atoms with Gasteiger partial charge in [-0.3, -0.25) is 9.80 Å². The lowest BCUT2D eigenvalue weighted by atomic mass is 9.59. The number of amides is 1. The van der Waals surface area contributed by atoms with E-state index in [0.29, 0.717) is 23.4 Å². The average molecular weight is 510 g/mol. The van der Waals surface area contributed by atoms with Crippen molar-refractivity contribution in [2.45, 2.75) is 122 Å². The van der Waals surface area contributed by atoms with Crippen molar-refractivity contribution in [1.29, 1.82) is 0 Å². The Morgan fingerprint density at radius 1 is 0.946 bits per heavy atom. The molecule has 37 heavy (non-hydrogen) atoms. The van der Waals surface area contributed by atoms with E-state index in [0.717, 1.165) is 32.0 Å². The van der Waals surface area contributed by atoms with E-state index in [1.807, 2.05) is 25.7 Å². The lowest BCUT2D eigenvalue weighted by molar-refractivity contribution is -0.0830. The molecule has 4 aliphatic rings. The Hall–Kier alpha value is -1.59. The molecule has 2 aliphatic heterocycles. The van der Waals surface area contributed by atoms with Crippen LogP contribution in [0, 0.1) is 5.41 Å². The minimum Gasteiger partial charge on any atom is -0.444 e. The van der Waals surface area contributed by atoms with Crippen molar-refractivity contribution in [3.63, 3.8) is 0 Å². The summed E-state index contributed by atoms with van der Waals surface area (Å²) >= 11 is 0. The van der Waals surface area contributed by atoms with E-state index in [-0.39, 0.29) is 6.09 Å². The van der Waals surface area contributed by atoms with Crippen molar-refractivity contribution < 1.29 is 9.53 Å². The maximum atomic E-state index is 12.6. The Balaban J connectivity index is 1.26. The van der Waals surface area contributed by atoms with Crippen molar-refractivity contribution in [1.82, 2.24) is 14.7 Å². The summed E-state index contributed by atoms with van der Waals surface area (Å²) in [5.74, 6) is 0.549. The van der Waals surface area contributed by atoms with Crippen LogP contribution in [0.2, 0.25) is 0 Å². The lowest BCUT2D eigenvalue weighted by Gasteiger charge is -2.58. The van der Waals surface area contributed by atoms with Crippen LogP contribution in [0.5, 0.6) is 0 Å². The number of nitrogens with zero attached hydrogens (tertiary/aromatic N) is 3. The molecule has 1 amide bonds. The van der Waals surface area contributed by atoms with Crippen LogP contribution in [-0.4, -0.2) is 71.2 Å². The third-order valence-electron chi connectivity index (χ3n) is 9.80. The first-order chi connectivity index (χ1) is 17.6. The fourth-order valence-corrected chi connectivity index (χ4v) is 7.72. The summed E-state index contributed by atoms with van der Waals surface area (Å²) in [5, 5.41) is 0. The molecule has 2 aliphatic carbocycles. The van der Waals surface area contributed by atoms with Crippen LogP contribution in [0.15, 0.2) is 24.3 Å². The minimum absolute atomic E-state index is 0.137. The molecular weight excluding hydrogens is 458 g/mol. The molecule has 0 N–H and O–H groups in total. The smallest absolute Gasteiger partial charge is 0.410 e. The van der Waals surface area contributed by atoms with Crippen molar-refractivity contribution >= 4 is 6.09 Å². The Kier molecular flexibility index (Phi) is 7.94. The molecule has 0 aromatic heterocycles. The highest BCUT2D eigenvalue weighted by Crippen LogP contribution is 2.53. The van der Waals surface area contributed by atoms with Gasteiger partial charge in [0.15, 0.2) is 0 Å². The van der Waals surface area contributed by atoms with Gasteiger partial charge in [0.1, 0.15) is 5.60 Å². The number of piperidine rings is 1. The van der Waals surface area contributed by atoms with Gasteiger partial charge in [0.25, 0.3) is 0 Å². The summed E-state index contributed by atoms with van der Waals surface area (Å²) < 4.78 is 5.64. The van der Waals surface area contributed by atoms with E-state index in [4.69, 9.17) is 4.74 Å². The van der Waals surface area contributed by atoms with E-state index < -0.39 is 5.60 Å². The third-order valence-corrected chi connectivity index (χ3v) is 9.80. The second kappa shape index (κ2) is 10.9. The second-order valence-corrected chi connectivity index (χ2v) is 13.9. The Morgan fingerprint density at radius 2 is 1.62 bits per heavy atom. The number of benzene rings is 1. The fraction of sp³-hybridized carbons (Fsp3) is 0.781. The Morgan fingerprint density at radius 3 is 2.27 bits per heavy atom. The van der Waals surface area contributed by atoms with Crippen molar-refractivity contribution in [2.24, 2.45) is 5.41 Å². The number of rotatable bonds is 4. The van der Waals surface area contributed by atoms with Crippen LogP contribution in [0.3, 0.4) is 0 Å². The first-order valence-corrected chi connectivity index (χ1v) is 15.2. The van der Waals surface area contributed by atoms with E-state index >= 15 is 0 Å². The largest absolute Gasteiger partial charge is 0.444 e. The number of hydrogen-bond donors (Lipinski definition) is 0. The molecule has 2 saturated carbocycles. The Labute approximate surface area is 225 Å². The van der Waals surface area contributed by atoms with Crippen LogP contribution in [0.1, 0.15) is 115 Å². The maximum absolute atomic E-state index is 12.6. The van der Waals surface area contributed by atoms with Crippen LogP contribution < -0.4 is 0 Å². The highest BCUT2D eigenvalue weighted by Gasteiger charge is 2.50. The summed E-state index contributed by atoms with van der Waals surface area (Å²) in [7, 11) is 0. The molecular formula is C32H51N3O2. The molecule has 1 atom stereocenters. The van der Waals surface area contributed by atoms with Gasteiger partial charge in [-0.05, 0) is 81.8 Å². The number of ether oxygens (including phenoxy) is 1. The molecule has 1 spiro atoms. The molecule has 5 rings (SSSR count). The molecule has 5 nitrogen and oxygen atoms in total. The van der Waals surface area contributed by atoms with Crippen LogP contribution in [0.25, 0.3) is 0 Å². The zero-order chi connectivity index (χ0) is 26.2. The van der Waals surface area contributed by atoms with Gasteiger partial charge in [-0.25, -0.2) is 4.79 Å². The van der Waals surface area contributed by atoms with Crippen molar-refractivity contribution in [3.8, 4) is 0 Å². The normalized spacial score (nSPS) is 26.4. The van der Waals surface area contributed by atoms with E-state index in [9.17, 15) is 4.79 Å². The molecule has 206 valence electrons. The molecule has 0 bridgehead atoms. The number of carbonyl (C=O) groups is 1.